The molecule has 0 aliphatic heterocycles. The molecule has 0 aliphatic carbocycles. The number of rotatable bonds is 5. The number of aryl methyl sites for hydroxylation is 1. The highest BCUT2D eigenvalue weighted by Gasteiger charge is 2.05. The lowest BCUT2D eigenvalue weighted by atomic mass is 10.2. The van der Waals surface area contributed by atoms with Crippen LogP contribution in [-0.4, -0.2) is 6.61 Å². The van der Waals surface area contributed by atoms with Crippen LogP contribution in [0.2, 0.25) is 0 Å². The van der Waals surface area contributed by atoms with Gasteiger partial charge in [0.1, 0.15) is 0 Å². The van der Waals surface area contributed by atoms with Crippen LogP contribution in [-0.2, 0) is 34.0 Å². The van der Waals surface area contributed by atoms with Gasteiger partial charge >= 0.3 is 0 Å². The predicted octanol–water partition coefficient (Wildman–Crippen LogP) is 3.16. The molecule has 0 amide bonds. The van der Waals surface area contributed by atoms with Crippen molar-refractivity contribution in [1.29, 1.82) is 0 Å². The maximum Gasteiger partial charge on any atom is 0.0623 e. The average molecular weight is 260 g/mol. The van der Waals surface area contributed by atoms with Crippen LogP contribution in [0.3, 0.4) is 0 Å². The summed E-state index contributed by atoms with van der Waals surface area (Å²) in [6, 6.07) is 8.02. The van der Waals surface area contributed by atoms with Gasteiger partial charge in [-0.05, 0) is 47.9 Å². The summed E-state index contributed by atoms with van der Waals surface area (Å²) in [6.07, 6.45) is 2.13. The summed E-state index contributed by atoms with van der Waals surface area (Å²) in [6.45, 7) is 4.84. The Kier molecular flexibility index (Phi) is 5.12. The fraction of sp³-hybridized carbons (Fsp3) is 0.455. The molecule has 15 heavy (non-hydrogen) atoms. The van der Waals surface area contributed by atoms with Gasteiger partial charge in [0, 0.05) is 12.3 Å². The van der Waals surface area contributed by atoms with Crippen LogP contribution < -0.4 is 0 Å². The third-order valence-electron chi connectivity index (χ3n) is 2.05. The van der Waals surface area contributed by atoms with Gasteiger partial charge in [-0.15, -0.1) is 0 Å². The molecule has 0 heterocycles. The fourth-order valence-corrected chi connectivity index (χ4v) is 3.10. The van der Waals surface area contributed by atoms with Crippen molar-refractivity contribution in [2.45, 2.75) is 31.6 Å². The lowest BCUT2D eigenvalue weighted by molar-refractivity contribution is 0.357. The van der Waals surface area contributed by atoms with Crippen molar-refractivity contribution < 1.29 is 4.18 Å². The van der Waals surface area contributed by atoms with E-state index in [1.165, 1.54) is 5.56 Å². The van der Waals surface area contributed by atoms with Crippen molar-refractivity contribution in [2.24, 2.45) is 0 Å². The van der Waals surface area contributed by atoms with Crippen LogP contribution in [0.15, 0.2) is 29.2 Å². The molecule has 0 saturated heterocycles. The van der Waals surface area contributed by atoms with Gasteiger partial charge in [0.25, 0.3) is 0 Å². The highest BCUT2D eigenvalue weighted by atomic mass is 33.1. The van der Waals surface area contributed by atoms with Crippen molar-refractivity contribution in [3.63, 3.8) is 0 Å². The van der Waals surface area contributed by atoms with Gasteiger partial charge in [-0.25, -0.2) is 0 Å². The van der Waals surface area contributed by atoms with Gasteiger partial charge < -0.3 is 4.18 Å². The molecular weight excluding hydrogens is 244 g/mol. The molecule has 0 aliphatic rings. The van der Waals surface area contributed by atoms with E-state index in [4.69, 9.17) is 26.6 Å². The van der Waals surface area contributed by atoms with E-state index in [1.54, 1.807) is 0 Å². The first kappa shape index (κ1) is 13.0. The minimum absolute atomic E-state index is 0.673. The molecule has 0 unspecified atom stereocenters. The molecule has 1 rings (SSSR count). The average Bonchev–Trinajstić information content (AvgIpc) is 2.18. The molecule has 0 N–H and O–H groups in total. The van der Waals surface area contributed by atoms with Crippen LogP contribution in [0, 0.1) is 6.92 Å². The van der Waals surface area contributed by atoms with Crippen molar-refractivity contribution in [2.75, 3.05) is 6.61 Å². The third-order valence-corrected chi connectivity index (χ3v) is 5.10. The smallest absolute Gasteiger partial charge is 0.0623 e. The van der Waals surface area contributed by atoms with E-state index in [2.05, 4.69) is 6.92 Å². The minimum Gasteiger partial charge on any atom is -0.306 e. The van der Waals surface area contributed by atoms with E-state index in [0.717, 1.165) is 17.7 Å². The summed E-state index contributed by atoms with van der Waals surface area (Å²) in [5.41, 5.74) is 1.22. The highest BCUT2D eigenvalue weighted by Crippen LogP contribution is 2.14. The summed E-state index contributed by atoms with van der Waals surface area (Å²) >= 11 is 10.7. The molecule has 0 aromatic heterocycles. The molecular formula is C11H16OS3. The first-order valence-corrected chi connectivity index (χ1v) is 8.43. The standard InChI is InChI=1S/C11H16OS3/c1-3-4-9-12-15(13,14)11-7-5-10(2)6-8-11/h5-8H,3-4,9H2,1-2H3. The van der Waals surface area contributed by atoms with Crippen LogP contribution in [0.25, 0.3) is 0 Å². The number of hydrogen-bond acceptors (Lipinski definition) is 3. The second kappa shape index (κ2) is 5.89. The molecule has 0 spiro atoms. The third kappa shape index (κ3) is 4.15. The molecule has 1 aromatic carbocycles. The zero-order chi connectivity index (χ0) is 11.3. The van der Waals surface area contributed by atoms with Gasteiger partial charge in [-0.3, -0.25) is 0 Å². The van der Waals surface area contributed by atoms with E-state index in [9.17, 15) is 0 Å². The largest absolute Gasteiger partial charge is 0.306 e. The molecule has 84 valence electrons. The summed E-state index contributed by atoms with van der Waals surface area (Å²) in [4.78, 5) is 0.967. The zero-order valence-electron chi connectivity index (χ0n) is 9.06. The van der Waals surface area contributed by atoms with E-state index in [-0.39, 0.29) is 0 Å². The van der Waals surface area contributed by atoms with Crippen molar-refractivity contribution >= 4 is 29.8 Å². The van der Waals surface area contributed by atoms with Crippen molar-refractivity contribution in [3.05, 3.63) is 29.8 Å². The Hall–Kier alpha value is -0.0300. The lowest BCUT2D eigenvalue weighted by Gasteiger charge is -2.11. The summed E-state index contributed by atoms with van der Waals surface area (Å²) < 4.78 is 5.61. The molecule has 0 fully saturated rings. The normalized spacial score (nSPS) is 11.6. The highest BCUT2D eigenvalue weighted by molar-refractivity contribution is 8.54. The Morgan fingerprint density at radius 3 is 2.33 bits per heavy atom. The van der Waals surface area contributed by atoms with Crippen LogP contribution >= 0.6 is 0 Å². The summed E-state index contributed by atoms with van der Waals surface area (Å²) in [7, 11) is -1.88. The SMILES string of the molecule is CCCCOS(=S)(=S)c1ccc(C)cc1. The predicted molar refractivity (Wildman–Crippen MR) is 72.4 cm³/mol. The van der Waals surface area contributed by atoms with Gasteiger partial charge in [0.15, 0.2) is 0 Å². The second-order valence-corrected chi connectivity index (χ2v) is 8.51. The second-order valence-electron chi connectivity index (χ2n) is 3.44. The minimum atomic E-state index is -1.88. The molecule has 0 atom stereocenters. The molecule has 4 heteroatoms. The van der Waals surface area contributed by atoms with Gasteiger partial charge in [0.05, 0.1) is 6.61 Å². The van der Waals surface area contributed by atoms with E-state index in [0.29, 0.717) is 6.61 Å². The first-order valence-electron chi connectivity index (χ1n) is 5.02. The maximum atomic E-state index is 5.61. The van der Waals surface area contributed by atoms with E-state index >= 15 is 0 Å². The lowest BCUT2D eigenvalue weighted by Crippen LogP contribution is -2.04. The monoisotopic (exact) mass is 260 g/mol. The van der Waals surface area contributed by atoms with Gasteiger partial charge in [-0.2, -0.15) is 0 Å². The van der Waals surface area contributed by atoms with Crippen molar-refractivity contribution in [3.8, 4) is 0 Å². The van der Waals surface area contributed by atoms with E-state index < -0.39 is 7.43 Å². The molecule has 1 nitrogen and oxygen atoms in total. The van der Waals surface area contributed by atoms with Crippen LogP contribution in [0.1, 0.15) is 25.3 Å². The molecule has 0 radical (unpaired) electrons. The number of hydrogen-bond donors (Lipinski definition) is 0. The van der Waals surface area contributed by atoms with Gasteiger partial charge in [0.2, 0.25) is 0 Å². The zero-order valence-corrected chi connectivity index (χ0v) is 11.5. The Morgan fingerprint density at radius 1 is 1.20 bits per heavy atom. The van der Waals surface area contributed by atoms with Crippen LogP contribution in [0.5, 0.6) is 0 Å². The molecule has 0 saturated carbocycles. The summed E-state index contributed by atoms with van der Waals surface area (Å²) in [5, 5.41) is 0. The molecule has 0 bridgehead atoms. The topological polar surface area (TPSA) is 9.23 Å². The van der Waals surface area contributed by atoms with E-state index in [1.807, 2.05) is 31.2 Å². The Labute approximate surface area is 102 Å². The Morgan fingerprint density at radius 2 is 1.80 bits per heavy atom. The van der Waals surface area contributed by atoms with Gasteiger partial charge in [-0.1, -0.05) is 31.0 Å². The Bertz CT molecular complexity index is 392. The maximum absolute atomic E-state index is 5.61. The van der Waals surface area contributed by atoms with Crippen LogP contribution in [0.4, 0.5) is 0 Å². The van der Waals surface area contributed by atoms with Crippen molar-refractivity contribution in [1.82, 2.24) is 0 Å². The first-order chi connectivity index (χ1) is 7.06. The number of unbranched alkanes of at least 4 members (excludes halogenated alkanes) is 1. The molecule has 1 aromatic rings. The Balaban J connectivity index is 2.73. The summed E-state index contributed by atoms with van der Waals surface area (Å²) in [5.74, 6) is 0. The fourth-order valence-electron chi connectivity index (χ4n) is 1.09. The quantitative estimate of drug-likeness (QED) is 0.753. The number of benzene rings is 1.